The quantitative estimate of drug-likeness (QED) is 0.894. The van der Waals surface area contributed by atoms with Crippen LogP contribution in [0.4, 0.5) is 5.13 Å². The molecule has 0 amide bonds. The Hall–Kier alpha value is -1.14. The summed E-state index contributed by atoms with van der Waals surface area (Å²) < 4.78 is 0. The van der Waals surface area contributed by atoms with Crippen molar-refractivity contribution in [3.05, 3.63) is 10.6 Å². The van der Waals surface area contributed by atoms with E-state index in [1.807, 2.05) is 0 Å². The van der Waals surface area contributed by atoms with Gasteiger partial charge in [0, 0.05) is 23.5 Å². The maximum atomic E-state index is 11.2. The van der Waals surface area contributed by atoms with E-state index in [1.165, 1.54) is 0 Å². The molecule has 2 N–H and O–H groups in total. The van der Waals surface area contributed by atoms with E-state index in [4.69, 9.17) is 0 Å². The number of anilines is 1. The molecule has 0 bridgehead atoms. The predicted octanol–water partition coefficient (Wildman–Crippen LogP) is 2.15. The van der Waals surface area contributed by atoms with Crippen molar-refractivity contribution < 1.29 is 9.90 Å². The van der Waals surface area contributed by atoms with Gasteiger partial charge in [0.15, 0.2) is 5.13 Å². The standard InChI is InChI=1S/C14H21N3O2S/c1-8-7-9(5-6-17(8)2)15-14-16-12-10(13(18)19)3-4-11(12)20-14/h8-10H,3-7H2,1-2H3,(H,15,16)(H,18,19). The molecule has 110 valence electrons. The van der Waals surface area contributed by atoms with Crippen LogP contribution in [-0.2, 0) is 11.2 Å². The summed E-state index contributed by atoms with van der Waals surface area (Å²) in [6.45, 7) is 3.35. The van der Waals surface area contributed by atoms with Gasteiger partial charge in [-0.15, -0.1) is 11.3 Å². The summed E-state index contributed by atoms with van der Waals surface area (Å²) in [6, 6.07) is 1.04. The molecule has 5 nitrogen and oxygen atoms in total. The van der Waals surface area contributed by atoms with Crippen molar-refractivity contribution >= 4 is 22.4 Å². The molecule has 1 aliphatic heterocycles. The maximum absolute atomic E-state index is 11.2. The highest BCUT2D eigenvalue weighted by molar-refractivity contribution is 7.15. The van der Waals surface area contributed by atoms with Crippen LogP contribution in [0.15, 0.2) is 0 Å². The number of fused-ring (bicyclic) bond motifs is 1. The molecule has 6 heteroatoms. The lowest BCUT2D eigenvalue weighted by atomic mass is 9.99. The Balaban J connectivity index is 1.68. The second kappa shape index (κ2) is 5.33. The van der Waals surface area contributed by atoms with Crippen molar-refractivity contribution in [1.29, 1.82) is 0 Å². The highest BCUT2D eigenvalue weighted by Gasteiger charge is 2.33. The van der Waals surface area contributed by atoms with E-state index in [0.717, 1.165) is 41.5 Å². The first-order valence-corrected chi connectivity index (χ1v) is 8.05. The van der Waals surface area contributed by atoms with Crippen LogP contribution in [0.5, 0.6) is 0 Å². The highest BCUT2D eigenvalue weighted by Crippen LogP contribution is 2.38. The van der Waals surface area contributed by atoms with Crippen LogP contribution in [0.1, 0.15) is 42.7 Å². The van der Waals surface area contributed by atoms with Crippen molar-refractivity contribution in [2.45, 2.75) is 50.6 Å². The van der Waals surface area contributed by atoms with Crippen LogP contribution in [0, 0.1) is 0 Å². The van der Waals surface area contributed by atoms with Gasteiger partial charge in [0.05, 0.1) is 5.69 Å². The van der Waals surface area contributed by atoms with E-state index in [9.17, 15) is 9.90 Å². The normalized spacial score (nSPS) is 30.2. The van der Waals surface area contributed by atoms with E-state index >= 15 is 0 Å². The molecule has 1 aliphatic carbocycles. The largest absolute Gasteiger partial charge is 0.481 e. The third kappa shape index (κ3) is 2.54. The molecule has 3 rings (SSSR count). The zero-order valence-electron chi connectivity index (χ0n) is 11.9. The molecule has 0 radical (unpaired) electrons. The number of piperidine rings is 1. The summed E-state index contributed by atoms with van der Waals surface area (Å²) in [5.74, 6) is -1.14. The number of nitrogens with one attached hydrogen (secondary N) is 1. The van der Waals surface area contributed by atoms with Gasteiger partial charge in [-0.25, -0.2) is 4.98 Å². The number of carbonyl (C=O) groups is 1. The van der Waals surface area contributed by atoms with E-state index in [1.54, 1.807) is 11.3 Å². The lowest BCUT2D eigenvalue weighted by Crippen LogP contribution is -2.42. The molecule has 1 aromatic heterocycles. The lowest BCUT2D eigenvalue weighted by molar-refractivity contribution is -0.138. The Morgan fingerprint density at radius 2 is 2.30 bits per heavy atom. The summed E-state index contributed by atoms with van der Waals surface area (Å²) in [5.41, 5.74) is 0.797. The van der Waals surface area contributed by atoms with Crippen LogP contribution in [0.25, 0.3) is 0 Å². The van der Waals surface area contributed by atoms with E-state index < -0.39 is 11.9 Å². The first-order valence-electron chi connectivity index (χ1n) is 7.23. The average Bonchev–Trinajstić information content (AvgIpc) is 2.93. The monoisotopic (exact) mass is 295 g/mol. The summed E-state index contributed by atoms with van der Waals surface area (Å²) in [6.07, 6.45) is 3.79. The SMILES string of the molecule is CC1CC(Nc2nc3c(s2)CCC3C(=O)O)CCN1C. The van der Waals surface area contributed by atoms with Crippen molar-refractivity contribution in [2.75, 3.05) is 18.9 Å². The highest BCUT2D eigenvalue weighted by atomic mass is 32.1. The molecule has 2 aliphatic rings. The average molecular weight is 295 g/mol. The second-order valence-electron chi connectivity index (χ2n) is 5.95. The minimum absolute atomic E-state index is 0.395. The van der Waals surface area contributed by atoms with Crippen molar-refractivity contribution in [1.82, 2.24) is 9.88 Å². The minimum Gasteiger partial charge on any atom is -0.481 e. The van der Waals surface area contributed by atoms with Crippen molar-refractivity contribution in [3.63, 3.8) is 0 Å². The van der Waals surface area contributed by atoms with Crippen LogP contribution < -0.4 is 5.32 Å². The second-order valence-corrected chi connectivity index (χ2v) is 7.04. The van der Waals surface area contributed by atoms with E-state index in [-0.39, 0.29) is 0 Å². The topological polar surface area (TPSA) is 65.5 Å². The molecule has 1 fully saturated rings. The number of aromatic nitrogens is 1. The number of hydrogen-bond acceptors (Lipinski definition) is 5. The fraction of sp³-hybridized carbons (Fsp3) is 0.714. The molecule has 0 saturated carbocycles. The number of aryl methyl sites for hydroxylation is 1. The number of carboxylic acids is 1. The van der Waals surface area contributed by atoms with Crippen LogP contribution in [0.3, 0.4) is 0 Å². The number of aliphatic carboxylic acids is 1. The Morgan fingerprint density at radius 3 is 3.00 bits per heavy atom. The fourth-order valence-corrected chi connectivity index (χ4v) is 4.24. The summed E-state index contributed by atoms with van der Waals surface area (Å²) >= 11 is 1.64. The Labute approximate surface area is 123 Å². The smallest absolute Gasteiger partial charge is 0.312 e. The van der Waals surface area contributed by atoms with Gasteiger partial charge in [0.1, 0.15) is 5.92 Å². The first kappa shape index (κ1) is 13.8. The molecule has 3 unspecified atom stereocenters. The Bertz CT molecular complexity index is 517. The number of nitrogens with zero attached hydrogens (tertiary/aromatic N) is 2. The van der Waals surface area contributed by atoms with Gasteiger partial charge >= 0.3 is 5.97 Å². The fourth-order valence-electron chi connectivity index (χ4n) is 3.12. The number of hydrogen-bond donors (Lipinski definition) is 2. The number of rotatable bonds is 3. The zero-order valence-corrected chi connectivity index (χ0v) is 12.7. The van der Waals surface area contributed by atoms with E-state index in [0.29, 0.717) is 18.5 Å². The van der Waals surface area contributed by atoms with Gasteiger partial charge in [0.2, 0.25) is 0 Å². The molecular weight excluding hydrogens is 274 g/mol. The molecular formula is C14H21N3O2S. The third-order valence-electron chi connectivity index (χ3n) is 4.55. The lowest BCUT2D eigenvalue weighted by Gasteiger charge is -2.35. The molecule has 1 aromatic rings. The first-order chi connectivity index (χ1) is 9.54. The predicted molar refractivity (Wildman–Crippen MR) is 79.5 cm³/mol. The molecule has 0 spiro atoms. The summed E-state index contributed by atoms with van der Waals surface area (Å²) in [5, 5.41) is 13.6. The van der Waals surface area contributed by atoms with Crippen LogP contribution in [0.2, 0.25) is 0 Å². The summed E-state index contributed by atoms with van der Waals surface area (Å²) in [4.78, 5) is 19.3. The van der Waals surface area contributed by atoms with Gasteiger partial charge in [-0.05, 0) is 39.7 Å². The molecule has 2 heterocycles. The van der Waals surface area contributed by atoms with Gasteiger partial charge in [-0.1, -0.05) is 0 Å². The Kier molecular flexibility index (Phi) is 3.69. The number of likely N-dealkylation sites (tertiary alicyclic amines) is 1. The molecule has 1 saturated heterocycles. The third-order valence-corrected chi connectivity index (χ3v) is 5.61. The van der Waals surface area contributed by atoms with Crippen molar-refractivity contribution in [3.8, 4) is 0 Å². The molecule has 20 heavy (non-hydrogen) atoms. The van der Waals surface area contributed by atoms with Gasteiger partial charge in [-0.3, -0.25) is 4.79 Å². The zero-order chi connectivity index (χ0) is 14.3. The van der Waals surface area contributed by atoms with Crippen molar-refractivity contribution in [2.24, 2.45) is 0 Å². The Morgan fingerprint density at radius 1 is 1.50 bits per heavy atom. The molecule has 3 atom stereocenters. The number of carboxylic acid groups (broad SMARTS) is 1. The minimum atomic E-state index is -0.742. The van der Waals surface area contributed by atoms with Gasteiger partial charge < -0.3 is 15.3 Å². The summed E-state index contributed by atoms with van der Waals surface area (Å²) in [7, 11) is 2.16. The van der Waals surface area contributed by atoms with Gasteiger partial charge in [-0.2, -0.15) is 0 Å². The van der Waals surface area contributed by atoms with Gasteiger partial charge in [0.25, 0.3) is 0 Å². The maximum Gasteiger partial charge on any atom is 0.312 e. The van der Waals surface area contributed by atoms with Crippen LogP contribution >= 0.6 is 11.3 Å². The van der Waals surface area contributed by atoms with Crippen LogP contribution in [-0.4, -0.2) is 46.6 Å². The number of thiazole rings is 1. The van der Waals surface area contributed by atoms with E-state index in [2.05, 4.69) is 29.2 Å². The molecule has 0 aromatic carbocycles.